The summed E-state index contributed by atoms with van der Waals surface area (Å²) < 4.78 is 5.26. The van der Waals surface area contributed by atoms with Crippen molar-refractivity contribution in [3.8, 4) is 0 Å². The van der Waals surface area contributed by atoms with Crippen molar-refractivity contribution in [2.75, 3.05) is 11.9 Å². The summed E-state index contributed by atoms with van der Waals surface area (Å²) in [5, 5.41) is 0.278. The molecule has 1 atom stereocenters. The summed E-state index contributed by atoms with van der Waals surface area (Å²) in [6.07, 6.45) is 1.18. The fourth-order valence-electron chi connectivity index (χ4n) is 2.21. The number of nitrogens with zero attached hydrogens (tertiary/aromatic N) is 1. The summed E-state index contributed by atoms with van der Waals surface area (Å²) in [4.78, 5) is 25.2. The lowest BCUT2D eigenvalue weighted by atomic mass is 10.1. The molecule has 1 aliphatic rings. The Kier molecular flexibility index (Phi) is 4.96. The normalized spacial score (nSPS) is 18.4. The number of rotatable bonds is 4. The van der Waals surface area contributed by atoms with Crippen LogP contribution in [-0.2, 0) is 16.1 Å². The summed E-state index contributed by atoms with van der Waals surface area (Å²) in [5.74, 6) is 0.0363. The molecule has 1 fully saturated rings. The van der Waals surface area contributed by atoms with Crippen LogP contribution in [-0.4, -0.2) is 34.7 Å². The number of ketones is 1. The van der Waals surface area contributed by atoms with Crippen LogP contribution >= 0.6 is 15.9 Å². The number of alkyl halides is 1. The van der Waals surface area contributed by atoms with Gasteiger partial charge in [0.1, 0.15) is 6.61 Å². The Hall–Kier alpha value is -1.36. The number of Topliss-reactive ketones (excluding diaryl/α,β-unsaturated/α-hetero) is 1. The van der Waals surface area contributed by atoms with Crippen molar-refractivity contribution in [1.82, 2.24) is 4.90 Å². The molecule has 4 nitrogen and oxygen atoms in total. The Labute approximate surface area is 120 Å². The number of amides is 1. The van der Waals surface area contributed by atoms with E-state index >= 15 is 0 Å². The molecule has 1 aliphatic heterocycles. The smallest absolute Gasteiger partial charge is 0.410 e. The van der Waals surface area contributed by atoms with E-state index in [1.165, 1.54) is 4.90 Å². The highest BCUT2D eigenvalue weighted by atomic mass is 79.9. The van der Waals surface area contributed by atoms with Gasteiger partial charge >= 0.3 is 6.09 Å². The number of carbonyl (C=O) groups excluding carboxylic acids is 2. The van der Waals surface area contributed by atoms with Crippen LogP contribution < -0.4 is 0 Å². The van der Waals surface area contributed by atoms with Crippen molar-refractivity contribution in [2.24, 2.45) is 0 Å². The highest BCUT2D eigenvalue weighted by Gasteiger charge is 2.34. The van der Waals surface area contributed by atoms with Crippen molar-refractivity contribution in [2.45, 2.75) is 25.5 Å². The molecule has 2 rings (SSSR count). The van der Waals surface area contributed by atoms with E-state index in [1.54, 1.807) is 0 Å². The molecular formula is C14H16BrNO3. The Morgan fingerprint density at radius 2 is 2.05 bits per heavy atom. The van der Waals surface area contributed by atoms with E-state index < -0.39 is 6.09 Å². The monoisotopic (exact) mass is 325 g/mol. The standard InChI is InChI=1S/C14H16BrNO3/c15-9-13(17)12-7-4-8-16(12)14(18)19-10-11-5-2-1-3-6-11/h1-3,5-6,12H,4,7-10H2/t12-/m1/s1. The third-order valence-corrected chi connectivity index (χ3v) is 3.75. The molecule has 0 bridgehead atoms. The molecule has 0 spiro atoms. The van der Waals surface area contributed by atoms with E-state index in [0.717, 1.165) is 18.4 Å². The van der Waals surface area contributed by atoms with Gasteiger partial charge in [0.2, 0.25) is 0 Å². The Morgan fingerprint density at radius 1 is 1.32 bits per heavy atom. The molecule has 0 unspecified atom stereocenters. The zero-order valence-electron chi connectivity index (χ0n) is 10.5. The summed E-state index contributed by atoms with van der Waals surface area (Å²) in [5.41, 5.74) is 0.943. The third kappa shape index (κ3) is 3.56. The molecule has 1 aromatic carbocycles. The van der Waals surface area contributed by atoms with Gasteiger partial charge in [-0.3, -0.25) is 9.69 Å². The Balaban J connectivity index is 1.90. The fraction of sp³-hybridized carbons (Fsp3) is 0.429. The molecule has 0 N–H and O–H groups in total. The SMILES string of the molecule is O=C(CBr)[C@H]1CCCN1C(=O)OCc1ccccc1. The van der Waals surface area contributed by atoms with Crippen LogP contribution in [0.25, 0.3) is 0 Å². The van der Waals surface area contributed by atoms with E-state index in [0.29, 0.717) is 6.54 Å². The molecule has 1 saturated heterocycles. The zero-order chi connectivity index (χ0) is 13.7. The predicted octanol–water partition coefficient (Wildman–Crippen LogP) is 2.75. The quantitative estimate of drug-likeness (QED) is 0.800. The third-order valence-electron chi connectivity index (χ3n) is 3.20. The fourth-order valence-corrected chi connectivity index (χ4v) is 2.58. The van der Waals surface area contributed by atoms with Crippen LogP contribution in [0.3, 0.4) is 0 Å². The van der Waals surface area contributed by atoms with Gasteiger partial charge in [-0.2, -0.15) is 0 Å². The number of hydrogen-bond donors (Lipinski definition) is 0. The number of benzene rings is 1. The van der Waals surface area contributed by atoms with E-state index in [9.17, 15) is 9.59 Å². The van der Waals surface area contributed by atoms with Crippen LogP contribution in [0.4, 0.5) is 4.79 Å². The Bertz CT molecular complexity index is 449. The van der Waals surface area contributed by atoms with Gasteiger partial charge in [0.05, 0.1) is 11.4 Å². The minimum Gasteiger partial charge on any atom is -0.445 e. The van der Waals surface area contributed by atoms with Crippen molar-refractivity contribution in [3.63, 3.8) is 0 Å². The van der Waals surface area contributed by atoms with Crippen molar-refractivity contribution in [3.05, 3.63) is 35.9 Å². The number of ether oxygens (including phenoxy) is 1. The van der Waals surface area contributed by atoms with Crippen LogP contribution in [0, 0.1) is 0 Å². The van der Waals surface area contributed by atoms with Crippen LogP contribution in [0.5, 0.6) is 0 Å². The molecule has 1 heterocycles. The van der Waals surface area contributed by atoms with Crippen molar-refractivity contribution in [1.29, 1.82) is 0 Å². The van der Waals surface area contributed by atoms with E-state index in [-0.39, 0.29) is 23.8 Å². The van der Waals surface area contributed by atoms with Gasteiger partial charge in [0.15, 0.2) is 5.78 Å². The van der Waals surface area contributed by atoms with Gasteiger partial charge < -0.3 is 4.74 Å². The summed E-state index contributed by atoms with van der Waals surface area (Å²) in [6, 6.07) is 9.18. The second-order valence-corrected chi connectivity index (χ2v) is 5.05. The lowest BCUT2D eigenvalue weighted by Gasteiger charge is -2.22. The molecule has 0 aliphatic carbocycles. The van der Waals surface area contributed by atoms with Crippen LogP contribution in [0.1, 0.15) is 18.4 Å². The number of likely N-dealkylation sites (tertiary alicyclic amines) is 1. The van der Waals surface area contributed by atoms with Gasteiger partial charge in [0, 0.05) is 6.54 Å². The lowest BCUT2D eigenvalue weighted by molar-refractivity contribution is -0.120. The number of hydrogen-bond acceptors (Lipinski definition) is 3. The second kappa shape index (κ2) is 6.70. The first kappa shape index (κ1) is 14.1. The number of carbonyl (C=O) groups is 2. The lowest BCUT2D eigenvalue weighted by Crippen LogP contribution is -2.41. The molecule has 1 amide bonds. The topological polar surface area (TPSA) is 46.6 Å². The maximum atomic E-state index is 12.0. The first-order valence-electron chi connectivity index (χ1n) is 6.28. The molecule has 19 heavy (non-hydrogen) atoms. The predicted molar refractivity (Wildman–Crippen MR) is 75.2 cm³/mol. The van der Waals surface area contributed by atoms with Crippen LogP contribution in [0.15, 0.2) is 30.3 Å². The summed E-state index contributed by atoms with van der Waals surface area (Å²) in [6.45, 7) is 0.836. The first-order chi connectivity index (χ1) is 9.22. The van der Waals surface area contributed by atoms with Crippen LogP contribution in [0.2, 0.25) is 0 Å². The largest absolute Gasteiger partial charge is 0.445 e. The molecule has 1 aromatic rings. The molecule has 0 aromatic heterocycles. The van der Waals surface area contributed by atoms with E-state index in [1.807, 2.05) is 30.3 Å². The van der Waals surface area contributed by atoms with Gasteiger partial charge in [-0.25, -0.2) is 4.79 Å². The average molecular weight is 326 g/mol. The average Bonchev–Trinajstić information content (AvgIpc) is 2.94. The van der Waals surface area contributed by atoms with Gasteiger partial charge in [-0.15, -0.1) is 0 Å². The Morgan fingerprint density at radius 3 is 2.74 bits per heavy atom. The van der Waals surface area contributed by atoms with Gasteiger partial charge in [-0.05, 0) is 18.4 Å². The minimum absolute atomic E-state index is 0.0363. The highest BCUT2D eigenvalue weighted by molar-refractivity contribution is 9.09. The summed E-state index contributed by atoms with van der Waals surface area (Å²) >= 11 is 3.15. The summed E-state index contributed by atoms with van der Waals surface area (Å²) in [7, 11) is 0. The molecule has 0 radical (unpaired) electrons. The maximum Gasteiger partial charge on any atom is 0.410 e. The van der Waals surface area contributed by atoms with E-state index in [4.69, 9.17) is 4.74 Å². The molecule has 102 valence electrons. The van der Waals surface area contributed by atoms with E-state index in [2.05, 4.69) is 15.9 Å². The van der Waals surface area contributed by atoms with Gasteiger partial charge in [0.25, 0.3) is 0 Å². The van der Waals surface area contributed by atoms with Crippen molar-refractivity contribution < 1.29 is 14.3 Å². The molecule has 0 saturated carbocycles. The second-order valence-electron chi connectivity index (χ2n) is 4.49. The maximum absolute atomic E-state index is 12.0. The number of halogens is 1. The molecular weight excluding hydrogens is 310 g/mol. The zero-order valence-corrected chi connectivity index (χ0v) is 12.1. The minimum atomic E-state index is -0.402. The highest BCUT2D eigenvalue weighted by Crippen LogP contribution is 2.20. The van der Waals surface area contributed by atoms with Crippen molar-refractivity contribution >= 4 is 27.8 Å². The van der Waals surface area contributed by atoms with Gasteiger partial charge in [-0.1, -0.05) is 46.3 Å². The molecule has 5 heteroatoms. The first-order valence-corrected chi connectivity index (χ1v) is 7.40.